The van der Waals surface area contributed by atoms with Gasteiger partial charge in [0.2, 0.25) is 0 Å². The monoisotopic (exact) mass is 562 g/mol. The van der Waals surface area contributed by atoms with Gasteiger partial charge in [0.05, 0.1) is 23.3 Å². The van der Waals surface area contributed by atoms with Crippen LogP contribution in [0.5, 0.6) is 0 Å². The maximum atomic E-state index is 10.9. The Morgan fingerprint density at radius 1 is 0.703 bits per heavy atom. The molecule has 2 atom stereocenters. The maximum absolute atomic E-state index is 10.9. The zero-order valence-corrected chi connectivity index (χ0v) is 24.9. The quantitative estimate of drug-likeness (QED) is 0.334. The van der Waals surface area contributed by atoms with Crippen molar-refractivity contribution in [2.75, 3.05) is 0 Å². The van der Waals surface area contributed by atoms with E-state index in [-0.39, 0.29) is 37.7 Å². The molecule has 37 heavy (non-hydrogen) atoms. The molecule has 0 N–H and O–H groups in total. The Balaban J connectivity index is 0.000000253. The largest absolute Gasteiger partial charge is 2.00 e. The van der Waals surface area contributed by atoms with Gasteiger partial charge in [-0.15, -0.1) is 22.7 Å². The van der Waals surface area contributed by atoms with Crippen LogP contribution in [0.4, 0.5) is 11.4 Å². The number of carboxylic acid groups (broad SMARTS) is 2. The van der Waals surface area contributed by atoms with Crippen molar-refractivity contribution in [2.45, 2.75) is 25.7 Å². The predicted molar refractivity (Wildman–Crippen MR) is 143 cm³/mol. The molecule has 0 saturated carbocycles. The van der Waals surface area contributed by atoms with Crippen molar-refractivity contribution in [3.05, 3.63) is 92.4 Å². The molecule has 2 heterocycles. The normalized spacial score (nSPS) is 13.2. The molecule has 2 aromatic heterocycles. The van der Waals surface area contributed by atoms with Gasteiger partial charge in [0.15, 0.2) is 9.60 Å². The van der Waals surface area contributed by atoms with Crippen LogP contribution in [-0.4, -0.2) is 58.8 Å². The number of rotatable bonds is 6. The number of hydrogen-bond donors (Lipinski definition) is 0. The molecule has 0 fully saturated rings. The topological polar surface area (TPSA) is 115 Å². The maximum Gasteiger partial charge on any atom is 2.00 e. The first-order valence-electron chi connectivity index (χ1n) is 11.1. The Bertz CT molecular complexity index is 1350. The van der Waals surface area contributed by atoms with Crippen LogP contribution in [0.25, 0.3) is 0 Å². The van der Waals surface area contributed by atoms with E-state index in [1.54, 1.807) is 23.0 Å². The van der Waals surface area contributed by atoms with Gasteiger partial charge in [0.25, 0.3) is 0 Å². The fourth-order valence-corrected chi connectivity index (χ4v) is 5.24. The summed E-state index contributed by atoms with van der Waals surface area (Å²) >= 11 is 2.84. The van der Waals surface area contributed by atoms with E-state index in [9.17, 15) is 19.8 Å². The van der Waals surface area contributed by atoms with Crippen LogP contribution in [0.1, 0.15) is 37.1 Å². The number of hydrogen-bond acceptors (Lipinski definition) is 8. The van der Waals surface area contributed by atoms with Crippen LogP contribution in [-0.2, 0) is 23.7 Å². The van der Waals surface area contributed by atoms with E-state index in [1.807, 2.05) is 85.5 Å². The molecule has 188 valence electrons. The van der Waals surface area contributed by atoms with Gasteiger partial charge in [-0.1, -0.05) is 50.2 Å². The van der Waals surface area contributed by atoms with Gasteiger partial charge in [-0.05, 0) is 24.3 Å². The Kier molecular flexibility index (Phi) is 12.0. The number of aromatic nitrogens is 2. The number of carboxylic acids is 2. The fourth-order valence-electron chi connectivity index (χ4n) is 3.22. The van der Waals surface area contributed by atoms with Gasteiger partial charge >= 0.3 is 37.7 Å². The standard InChI is InChI=1S/2C13H14N2O2S.Ca/c2*1-9(12(16)17)11-8-18-13(15(11)2)14-10-6-4-3-5-7-10;/h2*3-9H,1-2H3,(H,16,17);/q;;+2/p-2/b2*14-13+;. The van der Waals surface area contributed by atoms with E-state index >= 15 is 0 Å². The minimum Gasteiger partial charge on any atom is -0.549 e. The molecule has 0 spiro atoms. The SMILES string of the molecule is CC(C(=O)[O-])c1cs/c(=N/c2ccccc2)n1C.CC(C(=O)[O-])c1cs/c(=N/c2ccccc2)n1C.[Ca+2]. The summed E-state index contributed by atoms with van der Waals surface area (Å²) in [5, 5.41) is 25.4. The summed E-state index contributed by atoms with van der Waals surface area (Å²) in [4.78, 5) is 32.2. The Labute approximate surface area is 252 Å². The minimum atomic E-state index is -1.07. The molecule has 0 saturated heterocycles. The van der Waals surface area contributed by atoms with Crippen LogP contribution < -0.4 is 19.8 Å². The molecule has 8 nitrogen and oxygen atoms in total. The van der Waals surface area contributed by atoms with Crippen molar-refractivity contribution >= 4 is 83.7 Å². The second-order valence-electron chi connectivity index (χ2n) is 7.98. The van der Waals surface area contributed by atoms with Crippen molar-refractivity contribution in [3.8, 4) is 0 Å². The van der Waals surface area contributed by atoms with Crippen LogP contribution >= 0.6 is 22.7 Å². The summed E-state index contributed by atoms with van der Waals surface area (Å²) in [5.74, 6) is -3.42. The van der Waals surface area contributed by atoms with E-state index < -0.39 is 23.8 Å². The molecule has 0 amide bonds. The summed E-state index contributed by atoms with van der Waals surface area (Å²) in [5.41, 5.74) is 3.11. The number of para-hydroxylation sites is 2. The molecule has 0 aliphatic heterocycles. The second-order valence-corrected chi connectivity index (χ2v) is 9.65. The van der Waals surface area contributed by atoms with Crippen molar-refractivity contribution in [2.24, 2.45) is 24.1 Å². The molecule has 4 rings (SSSR count). The van der Waals surface area contributed by atoms with Gasteiger partial charge in [-0.25, -0.2) is 9.98 Å². The molecule has 0 radical (unpaired) electrons. The van der Waals surface area contributed by atoms with Gasteiger partial charge in [0.1, 0.15) is 0 Å². The van der Waals surface area contributed by atoms with Crippen molar-refractivity contribution in [3.63, 3.8) is 0 Å². The number of carbonyl (C=O) groups is 2. The first-order valence-corrected chi connectivity index (χ1v) is 12.8. The van der Waals surface area contributed by atoms with Crippen molar-refractivity contribution in [1.82, 2.24) is 9.13 Å². The number of thiazole rings is 2. The molecule has 2 unspecified atom stereocenters. The van der Waals surface area contributed by atoms with Gasteiger partial charge in [0, 0.05) is 48.1 Å². The molecule has 2 aromatic carbocycles. The average Bonchev–Trinajstić information content (AvgIpc) is 3.41. The van der Waals surface area contributed by atoms with Crippen LogP contribution in [0.3, 0.4) is 0 Å². The van der Waals surface area contributed by atoms with Crippen LogP contribution in [0.2, 0.25) is 0 Å². The van der Waals surface area contributed by atoms with Crippen LogP contribution in [0.15, 0.2) is 81.4 Å². The van der Waals surface area contributed by atoms with E-state index in [0.717, 1.165) is 21.0 Å². The van der Waals surface area contributed by atoms with Crippen molar-refractivity contribution < 1.29 is 19.8 Å². The molecular formula is C26H26CaN4O4S2. The summed E-state index contributed by atoms with van der Waals surface area (Å²) < 4.78 is 3.58. The molecule has 0 aliphatic carbocycles. The number of aliphatic carboxylic acids is 2. The first-order chi connectivity index (χ1) is 17.2. The third kappa shape index (κ3) is 8.24. The number of nitrogens with zero attached hydrogens (tertiary/aromatic N) is 4. The Morgan fingerprint density at radius 2 is 1.03 bits per heavy atom. The number of carbonyl (C=O) groups excluding carboxylic acids is 2. The van der Waals surface area contributed by atoms with E-state index in [1.165, 1.54) is 22.7 Å². The average molecular weight is 563 g/mol. The molecule has 0 aliphatic rings. The van der Waals surface area contributed by atoms with E-state index in [4.69, 9.17) is 0 Å². The van der Waals surface area contributed by atoms with E-state index in [0.29, 0.717) is 11.4 Å². The van der Waals surface area contributed by atoms with Gasteiger partial charge in [-0.2, -0.15) is 0 Å². The number of benzene rings is 2. The van der Waals surface area contributed by atoms with Gasteiger partial charge < -0.3 is 28.9 Å². The summed E-state index contributed by atoms with van der Waals surface area (Å²) in [6, 6.07) is 19.1. The second kappa shape index (κ2) is 14.4. The molecular weight excluding hydrogens is 537 g/mol. The van der Waals surface area contributed by atoms with Crippen LogP contribution in [0, 0.1) is 0 Å². The smallest absolute Gasteiger partial charge is 0.549 e. The molecule has 0 bridgehead atoms. The Morgan fingerprint density at radius 3 is 1.32 bits per heavy atom. The predicted octanol–water partition coefficient (Wildman–Crippen LogP) is 1.96. The Hall–Kier alpha value is -2.50. The summed E-state index contributed by atoms with van der Waals surface area (Å²) in [7, 11) is 3.63. The minimum absolute atomic E-state index is 0. The molecule has 11 heteroatoms. The zero-order chi connectivity index (χ0) is 26.2. The summed E-state index contributed by atoms with van der Waals surface area (Å²) in [6.07, 6.45) is 0. The zero-order valence-electron chi connectivity index (χ0n) is 21.0. The van der Waals surface area contributed by atoms with Gasteiger partial charge in [-0.3, -0.25) is 0 Å². The van der Waals surface area contributed by atoms with E-state index in [2.05, 4.69) is 9.98 Å². The van der Waals surface area contributed by atoms with Crippen molar-refractivity contribution in [1.29, 1.82) is 0 Å². The third-order valence-corrected chi connectivity index (χ3v) is 7.35. The fraction of sp³-hybridized carbons (Fsp3) is 0.231. The molecule has 4 aromatic rings. The first kappa shape index (κ1) is 30.7. The summed E-state index contributed by atoms with van der Waals surface area (Å²) in [6.45, 7) is 3.23. The third-order valence-electron chi connectivity index (χ3n) is 5.47.